The summed E-state index contributed by atoms with van der Waals surface area (Å²) in [6.07, 6.45) is 0. The predicted octanol–water partition coefficient (Wildman–Crippen LogP) is 1.31. The van der Waals surface area contributed by atoms with Gasteiger partial charge >= 0.3 is 0 Å². The van der Waals surface area contributed by atoms with Crippen LogP contribution in [0.4, 0.5) is 0 Å². The van der Waals surface area contributed by atoms with Crippen LogP contribution in [0.2, 0.25) is 0 Å². The van der Waals surface area contributed by atoms with Crippen molar-refractivity contribution in [3.8, 4) is 5.75 Å². The molecular formula is C13H20N2O2. The molecule has 4 heteroatoms. The van der Waals surface area contributed by atoms with Crippen molar-refractivity contribution in [3.63, 3.8) is 0 Å². The SMILES string of the molecule is CNCc1cccc(OCC(=O)NC(C)C)c1. The van der Waals surface area contributed by atoms with Crippen LogP contribution in [0.3, 0.4) is 0 Å². The second-order valence-electron chi connectivity index (χ2n) is 4.19. The van der Waals surface area contributed by atoms with Gasteiger partial charge in [-0.25, -0.2) is 0 Å². The third-order valence-corrected chi connectivity index (χ3v) is 2.10. The Morgan fingerprint density at radius 3 is 2.82 bits per heavy atom. The molecule has 0 aliphatic carbocycles. The molecule has 1 aromatic carbocycles. The quantitative estimate of drug-likeness (QED) is 0.783. The number of carbonyl (C=O) groups excluding carboxylic acids is 1. The number of ether oxygens (including phenoxy) is 1. The van der Waals surface area contributed by atoms with Crippen molar-refractivity contribution in [2.24, 2.45) is 0 Å². The van der Waals surface area contributed by atoms with E-state index in [0.717, 1.165) is 17.9 Å². The minimum absolute atomic E-state index is 0.0567. The summed E-state index contributed by atoms with van der Waals surface area (Å²) in [5, 5.41) is 5.84. The number of benzene rings is 1. The Kier molecular flexibility index (Phi) is 5.49. The van der Waals surface area contributed by atoms with Gasteiger partial charge in [-0.15, -0.1) is 0 Å². The molecule has 0 saturated carbocycles. The van der Waals surface area contributed by atoms with E-state index in [1.165, 1.54) is 0 Å². The molecule has 0 atom stereocenters. The van der Waals surface area contributed by atoms with Gasteiger partial charge in [-0.05, 0) is 38.6 Å². The molecule has 0 unspecified atom stereocenters. The Morgan fingerprint density at radius 2 is 2.18 bits per heavy atom. The maximum absolute atomic E-state index is 11.4. The van der Waals surface area contributed by atoms with Gasteiger partial charge in [-0.1, -0.05) is 12.1 Å². The first-order chi connectivity index (χ1) is 8.11. The van der Waals surface area contributed by atoms with Crippen molar-refractivity contribution in [1.29, 1.82) is 0 Å². The summed E-state index contributed by atoms with van der Waals surface area (Å²) >= 11 is 0. The number of nitrogens with one attached hydrogen (secondary N) is 2. The van der Waals surface area contributed by atoms with Crippen molar-refractivity contribution >= 4 is 5.91 Å². The molecule has 0 aromatic heterocycles. The van der Waals surface area contributed by atoms with E-state index in [-0.39, 0.29) is 18.6 Å². The first-order valence-corrected chi connectivity index (χ1v) is 5.77. The maximum Gasteiger partial charge on any atom is 0.258 e. The Bertz CT molecular complexity index is 364. The van der Waals surface area contributed by atoms with Gasteiger partial charge in [0.25, 0.3) is 5.91 Å². The highest BCUT2D eigenvalue weighted by Crippen LogP contribution is 2.12. The van der Waals surface area contributed by atoms with Crippen LogP contribution < -0.4 is 15.4 Å². The Balaban J connectivity index is 2.45. The Hall–Kier alpha value is -1.55. The Morgan fingerprint density at radius 1 is 1.41 bits per heavy atom. The van der Waals surface area contributed by atoms with E-state index in [0.29, 0.717) is 0 Å². The molecule has 2 N–H and O–H groups in total. The zero-order valence-electron chi connectivity index (χ0n) is 10.6. The highest BCUT2D eigenvalue weighted by Gasteiger charge is 2.04. The number of rotatable bonds is 6. The summed E-state index contributed by atoms with van der Waals surface area (Å²) in [6, 6.07) is 7.85. The van der Waals surface area contributed by atoms with Gasteiger partial charge in [0.2, 0.25) is 0 Å². The number of hydrogen-bond acceptors (Lipinski definition) is 3. The summed E-state index contributed by atoms with van der Waals surface area (Å²) in [4.78, 5) is 11.4. The molecule has 4 nitrogen and oxygen atoms in total. The smallest absolute Gasteiger partial charge is 0.258 e. The lowest BCUT2D eigenvalue weighted by molar-refractivity contribution is -0.123. The van der Waals surface area contributed by atoms with Crippen molar-refractivity contribution in [2.75, 3.05) is 13.7 Å². The van der Waals surface area contributed by atoms with Crippen LogP contribution in [0.5, 0.6) is 5.75 Å². The molecule has 94 valence electrons. The number of hydrogen-bond donors (Lipinski definition) is 2. The maximum atomic E-state index is 11.4. The summed E-state index contributed by atoms with van der Waals surface area (Å²) in [5.41, 5.74) is 1.13. The van der Waals surface area contributed by atoms with Crippen molar-refractivity contribution in [3.05, 3.63) is 29.8 Å². The molecule has 0 aliphatic rings. The fourth-order valence-corrected chi connectivity index (χ4v) is 1.46. The van der Waals surface area contributed by atoms with Gasteiger partial charge in [-0.3, -0.25) is 4.79 Å². The lowest BCUT2D eigenvalue weighted by atomic mass is 10.2. The van der Waals surface area contributed by atoms with E-state index >= 15 is 0 Å². The normalized spacial score (nSPS) is 10.4. The molecule has 0 aliphatic heterocycles. The molecular weight excluding hydrogens is 216 g/mol. The standard InChI is InChI=1S/C13H20N2O2/c1-10(2)15-13(16)9-17-12-6-4-5-11(7-12)8-14-3/h4-7,10,14H,8-9H2,1-3H3,(H,15,16). The molecule has 17 heavy (non-hydrogen) atoms. The van der Waals surface area contributed by atoms with Crippen LogP contribution in [0, 0.1) is 0 Å². The van der Waals surface area contributed by atoms with Gasteiger partial charge in [-0.2, -0.15) is 0 Å². The van der Waals surface area contributed by atoms with E-state index < -0.39 is 0 Å². The van der Waals surface area contributed by atoms with Crippen molar-refractivity contribution in [2.45, 2.75) is 26.4 Å². The number of amides is 1. The van der Waals surface area contributed by atoms with Gasteiger partial charge in [0.1, 0.15) is 5.75 Å². The summed E-state index contributed by atoms with van der Waals surface area (Å²) in [6.45, 7) is 4.69. The van der Waals surface area contributed by atoms with Gasteiger partial charge in [0.15, 0.2) is 6.61 Å². The topological polar surface area (TPSA) is 50.4 Å². The lowest BCUT2D eigenvalue weighted by Gasteiger charge is -2.10. The molecule has 0 radical (unpaired) electrons. The Labute approximate surface area is 102 Å². The molecule has 1 amide bonds. The van der Waals surface area contributed by atoms with Crippen molar-refractivity contribution < 1.29 is 9.53 Å². The van der Waals surface area contributed by atoms with E-state index in [1.807, 2.05) is 45.2 Å². The second-order valence-corrected chi connectivity index (χ2v) is 4.19. The third kappa shape index (κ3) is 5.36. The minimum atomic E-state index is -0.0981. The molecule has 1 aromatic rings. The lowest BCUT2D eigenvalue weighted by Crippen LogP contribution is -2.34. The van der Waals surface area contributed by atoms with Crippen molar-refractivity contribution in [1.82, 2.24) is 10.6 Å². The largest absolute Gasteiger partial charge is 0.484 e. The van der Waals surface area contributed by atoms with E-state index in [1.54, 1.807) is 0 Å². The van der Waals surface area contributed by atoms with Crippen LogP contribution in [0.25, 0.3) is 0 Å². The molecule has 1 rings (SSSR count). The molecule has 0 bridgehead atoms. The van der Waals surface area contributed by atoms with Gasteiger partial charge in [0.05, 0.1) is 0 Å². The monoisotopic (exact) mass is 236 g/mol. The summed E-state index contributed by atoms with van der Waals surface area (Å²) in [5.74, 6) is 0.621. The van der Waals surface area contributed by atoms with Crippen LogP contribution in [-0.2, 0) is 11.3 Å². The van der Waals surface area contributed by atoms with E-state index in [4.69, 9.17) is 4.74 Å². The van der Waals surface area contributed by atoms with Crippen LogP contribution in [-0.4, -0.2) is 25.6 Å². The summed E-state index contributed by atoms with van der Waals surface area (Å²) in [7, 11) is 1.89. The molecule has 0 heterocycles. The third-order valence-electron chi connectivity index (χ3n) is 2.10. The van der Waals surface area contributed by atoms with Crippen LogP contribution in [0.1, 0.15) is 19.4 Å². The summed E-state index contributed by atoms with van der Waals surface area (Å²) < 4.78 is 5.42. The fraction of sp³-hybridized carbons (Fsp3) is 0.462. The average molecular weight is 236 g/mol. The highest BCUT2D eigenvalue weighted by molar-refractivity contribution is 5.77. The zero-order valence-corrected chi connectivity index (χ0v) is 10.6. The zero-order chi connectivity index (χ0) is 12.7. The average Bonchev–Trinajstić information content (AvgIpc) is 2.26. The first kappa shape index (κ1) is 13.5. The van der Waals surface area contributed by atoms with Gasteiger partial charge < -0.3 is 15.4 Å². The van der Waals surface area contributed by atoms with E-state index in [2.05, 4.69) is 10.6 Å². The minimum Gasteiger partial charge on any atom is -0.484 e. The second kappa shape index (κ2) is 6.91. The fourth-order valence-electron chi connectivity index (χ4n) is 1.46. The first-order valence-electron chi connectivity index (χ1n) is 5.77. The molecule has 0 saturated heterocycles. The highest BCUT2D eigenvalue weighted by atomic mass is 16.5. The predicted molar refractivity (Wildman–Crippen MR) is 68.0 cm³/mol. The van der Waals surface area contributed by atoms with E-state index in [9.17, 15) is 4.79 Å². The van der Waals surface area contributed by atoms with Crippen LogP contribution in [0.15, 0.2) is 24.3 Å². The number of carbonyl (C=O) groups is 1. The molecule has 0 fully saturated rings. The molecule has 0 spiro atoms. The van der Waals surface area contributed by atoms with Gasteiger partial charge in [0, 0.05) is 12.6 Å². The van der Waals surface area contributed by atoms with Crippen LogP contribution >= 0.6 is 0 Å².